The first-order valence-corrected chi connectivity index (χ1v) is 6.83. The van der Waals surface area contributed by atoms with Gasteiger partial charge in [0, 0.05) is 24.2 Å². The number of thiazole rings is 1. The summed E-state index contributed by atoms with van der Waals surface area (Å²) in [5.41, 5.74) is 0. The molecule has 1 aliphatic rings. The Labute approximate surface area is 105 Å². The second kappa shape index (κ2) is 5.04. The van der Waals surface area contributed by atoms with Crippen molar-refractivity contribution in [1.29, 1.82) is 0 Å². The maximum Gasteiger partial charge on any atom is 0.306 e. The van der Waals surface area contributed by atoms with E-state index in [2.05, 4.69) is 23.7 Å². The molecule has 5 heteroatoms. The molecule has 1 saturated heterocycles. The number of nitrogens with zero attached hydrogens (tertiary/aromatic N) is 2. The molecule has 0 amide bonds. The molecular weight excluding hydrogens is 236 g/mol. The van der Waals surface area contributed by atoms with Crippen molar-refractivity contribution >= 4 is 22.4 Å². The third kappa shape index (κ3) is 2.77. The maximum absolute atomic E-state index is 10.9. The van der Waals surface area contributed by atoms with E-state index in [1.54, 1.807) is 11.3 Å². The van der Waals surface area contributed by atoms with Crippen LogP contribution in [0, 0.1) is 5.92 Å². The zero-order valence-corrected chi connectivity index (χ0v) is 11.0. The van der Waals surface area contributed by atoms with Gasteiger partial charge in [-0.1, -0.05) is 13.8 Å². The van der Waals surface area contributed by atoms with E-state index in [1.807, 2.05) is 6.20 Å². The Bertz CT molecular complexity index is 395. The lowest BCUT2D eigenvalue weighted by molar-refractivity contribution is -0.142. The number of aromatic nitrogens is 1. The predicted molar refractivity (Wildman–Crippen MR) is 68.8 cm³/mol. The summed E-state index contributed by atoms with van der Waals surface area (Å²) < 4.78 is 0. The normalized spacial score (nSPS) is 17.7. The molecule has 4 nitrogen and oxygen atoms in total. The Balaban J connectivity index is 1.98. The molecular formula is C12H18N2O2S. The third-order valence-electron chi connectivity index (χ3n) is 3.20. The van der Waals surface area contributed by atoms with Crippen molar-refractivity contribution in [2.45, 2.75) is 32.6 Å². The molecule has 17 heavy (non-hydrogen) atoms. The summed E-state index contributed by atoms with van der Waals surface area (Å²) in [5.74, 6) is -0.319. The highest BCUT2D eigenvalue weighted by Gasteiger charge is 2.25. The van der Waals surface area contributed by atoms with Crippen LogP contribution in [0.2, 0.25) is 0 Å². The van der Waals surface area contributed by atoms with Crippen molar-refractivity contribution < 1.29 is 9.90 Å². The van der Waals surface area contributed by atoms with Gasteiger partial charge in [0.25, 0.3) is 0 Å². The van der Waals surface area contributed by atoms with Crippen molar-refractivity contribution in [2.24, 2.45) is 5.92 Å². The minimum Gasteiger partial charge on any atom is -0.481 e. The lowest BCUT2D eigenvalue weighted by Crippen LogP contribution is -2.36. The van der Waals surface area contributed by atoms with E-state index in [0.29, 0.717) is 5.92 Å². The number of anilines is 1. The lowest BCUT2D eigenvalue weighted by atomic mass is 9.98. The van der Waals surface area contributed by atoms with Crippen LogP contribution in [0.25, 0.3) is 0 Å². The van der Waals surface area contributed by atoms with Gasteiger partial charge in [0.2, 0.25) is 0 Å². The highest BCUT2D eigenvalue weighted by Crippen LogP contribution is 2.30. The molecule has 0 spiro atoms. The van der Waals surface area contributed by atoms with E-state index in [1.165, 1.54) is 4.88 Å². The van der Waals surface area contributed by atoms with E-state index < -0.39 is 5.97 Å². The summed E-state index contributed by atoms with van der Waals surface area (Å²) in [4.78, 5) is 18.8. The smallest absolute Gasteiger partial charge is 0.306 e. The molecule has 2 heterocycles. The van der Waals surface area contributed by atoms with E-state index >= 15 is 0 Å². The number of carbonyl (C=O) groups is 1. The monoisotopic (exact) mass is 254 g/mol. The first-order valence-electron chi connectivity index (χ1n) is 6.01. The van der Waals surface area contributed by atoms with Gasteiger partial charge in [-0.15, -0.1) is 11.3 Å². The van der Waals surface area contributed by atoms with Crippen LogP contribution in [0.3, 0.4) is 0 Å². The molecule has 2 rings (SSSR count). The van der Waals surface area contributed by atoms with Crippen molar-refractivity contribution in [1.82, 2.24) is 4.98 Å². The van der Waals surface area contributed by atoms with Gasteiger partial charge in [-0.05, 0) is 18.8 Å². The number of carboxylic acids is 1. The molecule has 1 aliphatic heterocycles. The van der Waals surface area contributed by atoms with Crippen LogP contribution >= 0.6 is 11.3 Å². The van der Waals surface area contributed by atoms with Crippen LogP contribution in [-0.2, 0) is 4.79 Å². The molecule has 0 radical (unpaired) electrons. The molecule has 0 atom stereocenters. The highest BCUT2D eigenvalue weighted by molar-refractivity contribution is 7.15. The Kier molecular flexibility index (Phi) is 3.66. The zero-order chi connectivity index (χ0) is 12.4. The number of piperidine rings is 1. The van der Waals surface area contributed by atoms with Crippen LogP contribution in [-0.4, -0.2) is 29.1 Å². The molecule has 94 valence electrons. The second-order valence-electron chi connectivity index (χ2n) is 4.80. The summed E-state index contributed by atoms with van der Waals surface area (Å²) in [7, 11) is 0. The van der Waals surface area contributed by atoms with Gasteiger partial charge in [-0.3, -0.25) is 4.79 Å². The van der Waals surface area contributed by atoms with Crippen LogP contribution in [0.1, 0.15) is 37.5 Å². The standard InChI is InChI=1S/C12H18N2O2S/c1-8(2)10-7-13-12(17-10)14-5-3-9(4-6-14)11(15)16/h7-9H,3-6H2,1-2H3,(H,15,16). The van der Waals surface area contributed by atoms with Gasteiger partial charge in [0.1, 0.15) is 0 Å². The number of rotatable bonds is 3. The van der Waals surface area contributed by atoms with Crippen LogP contribution < -0.4 is 4.90 Å². The van der Waals surface area contributed by atoms with Gasteiger partial charge in [-0.2, -0.15) is 0 Å². The highest BCUT2D eigenvalue weighted by atomic mass is 32.1. The van der Waals surface area contributed by atoms with E-state index in [9.17, 15) is 4.79 Å². The summed E-state index contributed by atoms with van der Waals surface area (Å²) in [5, 5.41) is 9.98. The first-order chi connectivity index (χ1) is 8.08. The fraction of sp³-hybridized carbons (Fsp3) is 0.667. The molecule has 1 aromatic heterocycles. The fourth-order valence-electron chi connectivity index (χ4n) is 2.01. The average molecular weight is 254 g/mol. The Morgan fingerprint density at radius 3 is 2.65 bits per heavy atom. The number of carboxylic acid groups (broad SMARTS) is 1. The molecule has 0 aromatic carbocycles. The molecule has 1 N–H and O–H groups in total. The van der Waals surface area contributed by atoms with Crippen molar-refractivity contribution in [3.05, 3.63) is 11.1 Å². The van der Waals surface area contributed by atoms with E-state index in [4.69, 9.17) is 5.11 Å². The van der Waals surface area contributed by atoms with Gasteiger partial charge in [-0.25, -0.2) is 4.98 Å². The van der Waals surface area contributed by atoms with Gasteiger partial charge in [0.05, 0.1) is 5.92 Å². The molecule has 0 saturated carbocycles. The van der Waals surface area contributed by atoms with Crippen LogP contribution in [0.5, 0.6) is 0 Å². The Hall–Kier alpha value is -1.10. The second-order valence-corrected chi connectivity index (χ2v) is 5.84. The summed E-state index contributed by atoms with van der Waals surface area (Å²) in [6, 6.07) is 0. The van der Waals surface area contributed by atoms with E-state index in [-0.39, 0.29) is 5.92 Å². The quantitative estimate of drug-likeness (QED) is 0.900. The molecule has 1 aromatic rings. The van der Waals surface area contributed by atoms with Crippen LogP contribution in [0.15, 0.2) is 6.20 Å². The number of hydrogen-bond donors (Lipinski definition) is 1. The number of aliphatic carboxylic acids is 1. The van der Waals surface area contributed by atoms with Gasteiger partial charge >= 0.3 is 5.97 Å². The lowest BCUT2D eigenvalue weighted by Gasteiger charge is -2.29. The summed E-state index contributed by atoms with van der Waals surface area (Å²) in [6.45, 7) is 5.94. The molecule has 0 unspecified atom stereocenters. The topological polar surface area (TPSA) is 53.4 Å². The first kappa shape index (κ1) is 12.4. The van der Waals surface area contributed by atoms with Crippen molar-refractivity contribution in [3.63, 3.8) is 0 Å². The molecule has 0 bridgehead atoms. The SMILES string of the molecule is CC(C)c1cnc(N2CCC(C(=O)O)CC2)s1. The third-order valence-corrected chi connectivity index (χ3v) is 4.55. The fourth-order valence-corrected chi connectivity index (χ4v) is 2.98. The van der Waals surface area contributed by atoms with Gasteiger partial charge < -0.3 is 10.0 Å². The Morgan fingerprint density at radius 1 is 1.53 bits per heavy atom. The van der Waals surface area contributed by atoms with Crippen LogP contribution in [0.4, 0.5) is 5.13 Å². The van der Waals surface area contributed by atoms with Gasteiger partial charge in [0.15, 0.2) is 5.13 Å². The summed E-state index contributed by atoms with van der Waals surface area (Å²) >= 11 is 1.72. The zero-order valence-electron chi connectivity index (χ0n) is 10.2. The van der Waals surface area contributed by atoms with Crippen molar-refractivity contribution in [3.8, 4) is 0 Å². The largest absolute Gasteiger partial charge is 0.481 e. The predicted octanol–water partition coefficient (Wildman–Crippen LogP) is 2.57. The Morgan fingerprint density at radius 2 is 2.18 bits per heavy atom. The number of hydrogen-bond acceptors (Lipinski definition) is 4. The van der Waals surface area contributed by atoms with Crippen molar-refractivity contribution in [2.75, 3.05) is 18.0 Å². The molecule has 1 fully saturated rings. The van der Waals surface area contributed by atoms with E-state index in [0.717, 1.165) is 31.1 Å². The summed E-state index contributed by atoms with van der Waals surface area (Å²) in [6.07, 6.45) is 3.39. The molecule has 0 aliphatic carbocycles. The minimum absolute atomic E-state index is 0.171. The average Bonchev–Trinajstić information content (AvgIpc) is 2.78. The maximum atomic E-state index is 10.9. The minimum atomic E-state index is -0.661.